The lowest BCUT2D eigenvalue weighted by molar-refractivity contribution is -0.153. The molecule has 2 saturated carbocycles. The molecule has 2 aliphatic heterocycles. The van der Waals surface area contributed by atoms with Gasteiger partial charge in [-0.1, -0.05) is 48.5 Å². The van der Waals surface area contributed by atoms with Crippen LogP contribution in [0.25, 0.3) is 0 Å². The molecule has 3 heterocycles. The summed E-state index contributed by atoms with van der Waals surface area (Å²) in [4.78, 5) is 77.7. The summed E-state index contributed by atoms with van der Waals surface area (Å²) in [7, 11) is 0. The summed E-state index contributed by atoms with van der Waals surface area (Å²) < 4.78 is 0. The minimum Gasteiger partial charge on any atom is -0.381 e. The maximum Gasteiger partial charge on any atom is 0.272 e. The maximum absolute atomic E-state index is 14.5. The minimum absolute atomic E-state index is 0.0195. The van der Waals surface area contributed by atoms with Gasteiger partial charge in [0.15, 0.2) is 6.10 Å². The van der Waals surface area contributed by atoms with Crippen molar-refractivity contribution in [3.05, 3.63) is 24.3 Å². The predicted octanol–water partition coefficient (Wildman–Crippen LogP) is 0.923. The van der Waals surface area contributed by atoms with Gasteiger partial charge in [-0.3, -0.25) is 29.0 Å². The summed E-state index contributed by atoms with van der Waals surface area (Å²) in [5.74, 6) is -2.54. The number of piperidine rings is 1. The highest BCUT2D eigenvalue weighted by Gasteiger charge is 2.67. The predicted molar refractivity (Wildman–Crippen MR) is 168 cm³/mol. The third-order valence-electron chi connectivity index (χ3n) is 10.5. The van der Waals surface area contributed by atoms with Crippen LogP contribution in [-0.2, 0) is 19.2 Å². The summed E-state index contributed by atoms with van der Waals surface area (Å²) >= 11 is 0. The number of rotatable bonds is 9. The van der Waals surface area contributed by atoms with Crippen LogP contribution >= 0.6 is 0 Å². The second kappa shape index (κ2) is 12.2. The molecule has 5 N–H and O–H groups in total. The zero-order valence-corrected chi connectivity index (χ0v) is 27.9. The zero-order valence-electron chi connectivity index (χ0n) is 27.9. The molecule has 2 unspecified atom stereocenters. The smallest absolute Gasteiger partial charge is 0.272 e. The van der Waals surface area contributed by atoms with E-state index in [0.29, 0.717) is 13.0 Å². The Bertz CT molecular complexity index is 1370. The van der Waals surface area contributed by atoms with E-state index in [2.05, 4.69) is 31.2 Å². The van der Waals surface area contributed by atoms with Crippen LogP contribution in [0.5, 0.6) is 0 Å². The van der Waals surface area contributed by atoms with Crippen LogP contribution in [0.2, 0.25) is 0 Å². The second-order valence-electron chi connectivity index (χ2n) is 15.7. The van der Waals surface area contributed by atoms with E-state index in [4.69, 9.17) is 0 Å². The standard InChI is InChI=1S/C33H49N7O6/c1-8-33-12-11-17-16-40(21(20(17)33)27(43)37-23(33)22(41)28(44)36-18-9-10-18)30(46)25(32(5,6)7)39-29(45)24(31(2,3)4)38-26(42)19-15-34-13-14-35-19/h13-15,17-18,20-25,41H,8-12,16H2,1-7H3,(H,36,44)(H,37,43)(H,38,42)(H,39,45)/t17-,20-,21-,22?,23+,24+,25+,33?/m0/s1. The maximum atomic E-state index is 14.5. The summed E-state index contributed by atoms with van der Waals surface area (Å²) in [5.41, 5.74) is -1.95. The van der Waals surface area contributed by atoms with Gasteiger partial charge in [0, 0.05) is 30.9 Å². The number of nitrogens with zero attached hydrogens (tertiary/aromatic N) is 3. The second-order valence-corrected chi connectivity index (χ2v) is 15.7. The highest BCUT2D eigenvalue weighted by Crippen LogP contribution is 2.59. The molecule has 0 bridgehead atoms. The molecule has 8 atom stereocenters. The Hall–Kier alpha value is -3.61. The van der Waals surface area contributed by atoms with Crippen LogP contribution in [0.3, 0.4) is 0 Å². The fraction of sp³-hybridized carbons (Fsp3) is 0.727. The number of carbonyl (C=O) groups is 5. The van der Waals surface area contributed by atoms with Gasteiger partial charge in [0.1, 0.15) is 23.8 Å². The monoisotopic (exact) mass is 639 g/mol. The highest BCUT2D eigenvalue weighted by molar-refractivity contribution is 5.98. The lowest BCUT2D eigenvalue weighted by Crippen LogP contribution is -2.70. The van der Waals surface area contributed by atoms with Crippen LogP contribution in [0.1, 0.15) is 91.1 Å². The van der Waals surface area contributed by atoms with E-state index in [-0.39, 0.29) is 29.5 Å². The van der Waals surface area contributed by atoms with E-state index in [1.165, 1.54) is 18.6 Å². The molecule has 4 fully saturated rings. The largest absolute Gasteiger partial charge is 0.381 e. The summed E-state index contributed by atoms with van der Waals surface area (Å²) in [6.45, 7) is 13.3. The molecule has 0 aromatic carbocycles. The molecule has 13 heteroatoms. The molecule has 4 aliphatic rings. The summed E-state index contributed by atoms with van der Waals surface area (Å²) in [6, 6.07) is -3.48. The third kappa shape index (κ3) is 6.22. The molecule has 0 spiro atoms. The first-order valence-electron chi connectivity index (χ1n) is 16.5. The van der Waals surface area contributed by atoms with Crippen LogP contribution in [0.4, 0.5) is 0 Å². The quantitative estimate of drug-likeness (QED) is 0.264. The van der Waals surface area contributed by atoms with Crippen molar-refractivity contribution in [1.82, 2.24) is 36.1 Å². The summed E-state index contributed by atoms with van der Waals surface area (Å²) in [5, 5.41) is 22.7. The van der Waals surface area contributed by atoms with Crippen molar-refractivity contribution in [2.75, 3.05) is 6.54 Å². The summed E-state index contributed by atoms with van der Waals surface area (Å²) in [6.07, 6.45) is 6.65. The average molecular weight is 640 g/mol. The topological polar surface area (TPSA) is 183 Å². The number of nitrogens with one attached hydrogen (secondary N) is 4. The fourth-order valence-corrected chi connectivity index (χ4v) is 7.91. The Morgan fingerprint density at radius 3 is 2.26 bits per heavy atom. The van der Waals surface area contributed by atoms with Crippen LogP contribution in [0.15, 0.2) is 18.6 Å². The Balaban J connectivity index is 1.38. The van der Waals surface area contributed by atoms with Crippen molar-refractivity contribution in [3.8, 4) is 0 Å². The molecular weight excluding hydrogens is 590 g/mol. The lowest BCUT2D eigenvalue weighted by atomic mass is 9.62. The number of aliphatic hydroxyl groups excluding tert-OH is 1. The number of aliphatic hydroxyl groups is 1. The molecule has 1 aromatic heterocycles. The van der Waals surface area contributed by atoms with Gasteiger partial charge in [-0.05, 0) is 54.3 Å². The molecule has 252 valence electrons. The first-order chi connectivity index (χ1) is 21.5. The van der Waals surface area contributed by atoms with Crippen LogP contribution in [0, 0.1) is 28.1 Å². The number of amides is 5. The van der Waals surface area contributed by atoms with E-state index in [0.717, 1.165) is 25.7 Å². The molecular formula is C33H49N7O6. The van der Waals surface area contributed by atoms with E-state index in [1.54, 1.807) is 4.90 Å². The Kier molecular flexibility index (Phi) is 8.95. The minimum atomic E-state index is -1.39. The molecule has 46 heavy (non-hydrogen) atoms. The number of likely N-dealkylation sites (tertiary alicyclic amines) is 1. The van der Waals surface area contributed by atoms with Gasteiger partial charge in [0.05, 0.1) is 12.2 Å². The van der Waals surface area contributed by atoms with E-state index in [1.807, 2.05) is 48.5 Å². The van der Waals surface area contributed by atoms with Gasteiger partial charge in [-0.15, -0.1) is 0 Å². The van der Waals surface area contributed by atoms with Gasteiger partial charge < -0.3 is 31.3 Å². The highest BCUT2D eigenvalue weighted by atomic mass is 16.3. The molecule has 2 aliphatic carbocycles. The fourth-order valence-electron chi connectivity index (χ4n) is 7.91. The molecule has 5 amide bonds. The molecule has 5 rings (SSSR count). The van der Waals surface area contributed by atoms with E-state index in [9.17, 15) is 29.1 Å². The number of hydrogen-bond donors (Lipinski definition) is 5. The van der Waals surface area contributed by atoms with Gasteiger partial charge in [0.25, 0.3) is 11.8 Å². The van der Waals surface area contributed by atoms with Gasteiger partial charge in [-0.2, -0.15) is 0 Å². The van der Waals surface area contributed by atoms with Crippen molar-refractivity contribution in [1.29, 1.82) is 0 Å². The molecule has 2 saturated heterocycles. The van der Waals surface area contributed by atoms with Crippen LogP contribution in [-0.4, -0.2) is 92.4 Å². The molecule has 13 nitrogen and oxygen atoms in total. The molecule has 0 radical (unpaired) electrons. The number of carbonyl (C=O) groups excluding carboxylic acids is 5. The van der Waals surface area contributed by atoms with Gasteiger partial charge in [-0.25, -0.2) is 4.98 Å². The van der Waals surface area contributed by atoms with Crippen molar-refractivity contribution in [2.45, 2.75) is 117 Å². The third-order valence-corrected chi connectivity index (χ3v) is 10.5. The first-order valence-corrected chi connectivity index (χ1v) is 16.5. The van der Waals surface area contributed by atoms with Crippen molar-refractivity contribution >= 4 is 29.5 Å². The zero-order chi connectivity index (χ0) is 33.8. The molecule has 1 aromatic rings. The normalized spacial score (nSPS) is 29.2. The number of aromatic nitrogens is 2. The SMILES string of the molecule is CCC12CC[C@H]3CN(C(=O)[C@@H](NC(=O)[C@@H](NC(=O)c4cnccn4)C(C)(C)C)C(C)(C)C)[C@H](C(=O)N[C@@H]1C(O)C(=O)NC1CC1)[C@H]32. The van der Waals surface area contributed by atoms with E-state index < -0.39 is 70.1 Å². The van der Waals surface area contributed by atoms with Gasteiger partial charge in [0.2, 0.25) is 17.7 Å². The van der Waals surface area contributed by atoms with Crippen molar-refractivity contribution in [3.63, 3.8) is 0 Å². The van der Waals surface area contributed by atoms with Crippen molar-refractivity contribution < 1.29 is 29.1 Å². The average Bonchev–Trinajstić information content (AvgIpc) is 3.60. The van der Waals surface area contributed by atoms with E-state index >= 15 is 0 Å². The lowest BCUT2D eigenvalue weighted by Gasteiger charge is -2.50. The Morgan fingerprint density at radius 1 is 1.02 bits per heavy atom. The number of hydrogen-bond acceptors (Lipinski definition) is 8. The first kappa shape index (κ1) is 33.7. The Labute approximate surface area is 270 Å². The van der Waals surface area contributed by atoms with Gasteiger partial charge >= 0.3 is 0 Å². The Morgan fingerprint density at radius 2 is 1.70 bits per heavy atom. The van der Waals surface area contributed by atoms with Crippen LogP contribution < -0.4 is 21.3 Å². The van der Waals surface area contributed by atoms with Crippen molar-refractivity contribution in [2.24, 2.45) is 28.1 Å².